The summed E-state index contributed by atoms with van der Waals surface area (Å²) in [5.74, 6) is 1.14. The van der Waals surface area contributed by atoms with Crippen LogP contribution >= 0.6 is 15.9 Å². The van der Waals surface area contributed by atoms with Crippen LogP contribution in [0.3, 0.4) is 0 Å². The molecule has 0 aromatic heterocycles. The molecule has 0 heterocycles. The van der Waals surface area contributed by atoms with E-state index in [-0.39, 0.29) is 17.8 Å². The summed E-state index contributed by atoms with van der Waals surface area (Å²) in [6.07, 6.45) is 11.4. The first-order valence-electron chi connectivity index (χ1n) is 11.5. The molecule has 0 aromatic carbocycles. The van der Waals surface area contributed by atoms with Crippen molar-refractivity contribution in [2.75, 3.05) is 25.2 Å². The van der Waals surface area contributed by atoms with Crippen molar-refractivity contribution in [3.8, 4) is 0 Å². The van der Waals surface area contributed by atoms with E-state index in [1.54, 1.807) is 0 Å². The van der Waals surface area contributed by atoms with Crippen molar-refractivity contribution in [1.82, 2.24) is 0 Å². The molecule has 0 bridgehead atoms. The molecule has 0 rings (SSSR count). The maximum Gasteiger partial charge on any atom is 0.305 e. The van der Waals surface area contributed by atoms with E-state index in [0.29, 0.717) is 39.1 Å². The first kappa shape index (κ1) is 29.1. The van der Waals surface area contributed by atoms with E-state index in [4.69, 9.17) is 14.2 Å². The molecular weight excluding hydrogens is 448 g/mol. The monoisotopic (exact) mass is 490 g/mol. The molecule has 0 aliphatic rings. The predicted octanol–water partition coefficient (Wildman–Crippen LogP) is 6.15. The van der Waals surface area contributed by atoms with Crippen LogP contribution in [0.15, 0.2) is 24.5 Å². The Kier molecular flexibility index (Phi) is 19.5. The van der Waals surface area contributed by atoms with Gasteiger partial charge in [0, 0.05) is 24.3 Å². The summed E-state index contributed by atoms with van der Waals surface area (Å²) in [5, 5.41) is 11.1. The average Bonchev–Trinajstić information content (AvgIpc) is 2.73. The van der Waals surface area contributed by atoms with Crippen LogP contribution in [0.25, 0.3) is 0 Å². The van der Waals surface area contributed by atoms with Crippen molar-refractivity contribution in [2.45, 2.75) is 84.8 Å². The number of carbonyl (C=O) groups excluding carboxylic acids is 1. The summed E-state index contributed by atoms with van der Waals surface area (Å²) in [5.41, 5.74) is 0. The van der Waals surface area contributed by atoms with Crippen LogP contribution in [0.5, 0.6) is 0 Å². The molecule has 5 nitrogen and oxygen atoms in total. The fourth-order valence-corrected chi connectivity index (χ4v) is 3.92. The topological polar surface area (TPSA) is 65.0 Å². The summed E-state index contributed by atoms with van der Waals surface area (Å²) < 4.78 is 16.4. The van der Waals surface area contributed by atoms with Gasteiger partial charge in [0.25, 0.3) is 0 Å². The molecule has 3 unspecified atom stereocenters. The van der Waals surface area contributed by atoms with Gasteiger partial charge in [-0.1, -0.05) is 41.3 Å². The van der Waals surface area contributed by atoms with Gasteiger partial charge in [-0.05, 0) is 64.9 Å². The van der Waals surface area contributed by atoms with Gasteiger partial charge in [0.1, 0.15) is 0 Å². The molecular formula is C24H43BrO5. The number of alkyl halides is 1. The number of carbonyl (C=O) groups is 1. The normalized spacial score (nSPS) is 14.8. The fourth-order valence-electron chi connectivity index (χ4n) is 3.52. The van der Waals surface area contributed by atoms with E-state index < -0.39 is 6.29 Å². The van der Waals surface area contributed by atoms with Gasteiger partial charge < -0.3 is 19.3 Å². The lowest BCUT2D eigenvalue weighted by molar-refractivity contribution is -0.143. The number of aliphatic hydroxyl groups is 1. The number of unbranched alkanes of at least 4 members (excludes halogenated alkanes) is 3. The molecule has 0 amide bonds. The number of ether oxygens (including phenoxy) is 3. The van der Waals surface area contributed by atoms with Crippen LogP contribution < -0.4 is 0 Å². The second kappa shape index (κ2) is 20.1. The highest BCUT2D eigenvalue weighted by Gasteiger charge is 2.25. The predicted molar refractivity (Wildman–Crippen MR) is 126 cm³/mol. The number of halogens is 1. The van der Waals surface area contributed by atoms with E-state index in [0.717, 1.165) is 30.4 Å². The minimum absolute atomic E-state index is 0.140. The summed E-state index contributed by atoms with van der Waals surface area (Å²) in [4.78, 5) is 11.5. The van der Waals surface area contributed by atoms with Crippen molar-refractivity contribution >= 4 is 21.9 Å². The zero-order valence-corrected chi connectivity index (χ0v) is 20.8. The zero-order chi connectivity index (χ0) is 22.6. The highest BCUT2D eigenvalue weighted by Crippen LogP contribution is 2.32. The van der Waals surface area contributed by atoms with Crippen LogP contribution in [0.2, 0.25) is 0 Å². The summed E-state index contributed by atoms with van der Waals surface area (Å²) >= 11 is 3.49. The van der Waals surface area contributed by atoms with Crippen LogP contribution in [-0.4, -0.2) is 42.5 Å². The van der Waals surface area contributed by atoms with Crippen LogP contribution in [0.1, 0.15) is 78.6 Å². The molecule has 0 saturated carbocycles. The number of aliphatic hydroxyl groups excluding tert-OH is 1. The molecule has 176 valence electrons. The Morgan fingerprint density at radius 3 is 2.37 bits per heavy atom. The Bertz CT molecular complexity index is 467. The molecule has 0 aliphatic heterocycles. The number of hydrogen-bond acceptors (Lipinski definition) is 5. The number of allylic oxidation sites excluding steroid dienone is 3. The third kappa shape index (κ3) is 14.2. The molecule has 0 saturated heterocycles. The Labute approximate surface area is 192 Å². The molecule has 6 heteroatoms. The van der Waals surface area contributed by atoms with E-state index in [9.17, 15) is 9.90 Å². The van der Waals surface area contributed by atoms with Gasteiger partial charge >= 0.3 is 5.97 Å². The molecule has 0 aromatic rings. The molecule has 0 spiro atoms. The molecule has 1 N–H and O–H groups in total. The first-order chi connectivity index (χ1) is 14.5. The summed E-state index contributed by atoms with van der Waals surface area (Å²) in [7, 11) is 0. The standard InChI is InChI=1S/C24H43BrO5/c1-5-20(14-11-9-10-12-18-25)21(16-17-24(27)29-8-4)22(6-2)30-19-13-15-23(26)28-7-3/h5-6,20-21,24,27H,1,7-19H2,2-4H3/b22-6+. The Morgan fingerprint density at radius 1 is 1.03 bits per heavy atom. The van der Waals surface area contributed by atoms with Crippen molar-refractivity contribution in [2.24, 2.45) is 11.8 Å². The van der Waals surface area contributed by atoms with Gasteiger partial charge in [-0.15, -0.1) is 6.58 Å². The first-order valence-corrected chi connectivity index (χ1v) is 12.6. The summed E-state index contributed by atoms with van der Waals surface area (Å²) in [6.45, 7) is 11.1. The fraction of sp³-hybridized carbons (Fsp3) is 0.792. The average molecular weight is 492 g/mol. The van der Waals surface area contributed by atoms with E-state index in [1.165, 1.54) is 19.3 Å². The molecule has 0 fully saturated rings. The van der Waals surface area contributed by atoms with Gasteiger partial charge in [0.05, 0.1) is 19.0 Å². The second-order valence-corrected chi connectivity index (χ2v) is 8.13. The van der Waals surface area contributed by atoms with Gasteiger partial charge in [-0.2, -0.15) is 0 Å². The van der Waals surface area contributed by atoms with Gasteiger partial charge in [0.2, 0.25) is 0 Å². The largest absolute Gasteiger partial charge is 0.498 e. The van der Waals surface area contributed by atoms with Crippen molar-refractivity contribution in [3.63, 3.8) is 0 Å². The van der Waals surface area contributed by atoms with Gasteiger partial charge in [-0.25, -0.2) is 0 Å². The van der Waals surface area contributed by atoms with Gasteiger partial charge in [0.15, 0.2) is 6.29 Å². The van der Waals surface area contributed by atoms with Crippen molar-refractivity contribution in [3.05, 3.63) is 24.5 Å². The lowest BCUT2D eigenvalue weighted by Crippen LogP contribution is -2.21. The lowest BCUT2D eigenvalue weighted by atomic mass is 9.82. The van der Waals surface area contributed by atoms with Crippen molar-refractivity contribution in [1.29, 1.82) is 0 Å². The molecule has 0 radical (unpaired) electrons. The summed E-state index contributed by atoms with van der Waals surface area (Å²) in [6, 6.07) is 0. The van der Waals surface area contributed by atoms with Crippen LogP contribution in [0, 0.1) is 11.8 Å². The number of rotatable bonds is 20. The molecule has 3 atom stereocenters. The highest BCUT2D eigenvalue weighted by atomic mass is 79.9. The maximum atomic E-state index is 11.5. The number of esters is 1. The van der Waals surface area contributed by atoms with E-state index in [2.05, 4.69) is 22.5 Å². The zero-order valence-electron chi connectivity index (χ0n) is 19.2. The lowest BCUT2D eigenvalue weighted by Gasteiger charge is -2.28. The highest BCUT2D eigenvalue weighted by molar-refractivity contribution is 9.09. The van der Waals surface area contributed by atoms with E-state index >= 15 is 0 Å². The van der Waals surface area contributed by atoms with Crippen LogP contribution in [-0.2, 0) is 19.0 Å². The van der Waals surface area contributed by atoms with E-state index in [1.807, 2.05) is 32.9 Å². The van der Waals surface area contributed by atoms with Crippen LogP contribution in [0.4, 0.5) is 0 Å². The minimum atomic E-state index is -0.760. The molecule has 0 aliphatic carbocycles. The second-order valence-electron chi connectivity index (χ2n) is 7.33. The number of hydrogen-bond donors (Lipinski definition) is 1. The Balaban J connectivity index is 4.89. The molecule has 30 heavy (non-hydrogen) atoms. The minimum Gasteiger partial charge on any atom is -0.498 e. The third-order valence-corrected chi connectivity index (χ3v) is 5.63. The third-order valence-electron chi connectivity index (χ3n) is 5.07. The van der Waals surface area contributed by atoms with Gasteiger partial charge in [-0.3, -0.25) is 4.79 Å². The Hall–Kier alpha value is -0.850. The Morgan fingerprint density at radius 2 is 1.77 bits per heavy atom. The maximum absolute atomic E-state index is 11.5. The van der Waals surface area contributed by atoms with Crippen molar-refractivity contribution < 1.29 is 24.1 Å². The SMILES string of the molecule is C=CC(CCCCCCBr)C(CCC(O)OCC)/C(=C\C)OCCCC(=O)OCC. The smallest absolute Gasteiger partial charge is 0.305 e. The quantitative estimate of drug-likeness (QED) is 0.0553.